The van der Waals surface area contributed by atoms with Gasteiger partial charge in [-0.15, -0.1) is 11.7 Å². The summed E-state index contributed by atoms with van der Waals surface area (Å²) in [6, 6.07) is 5.19. The Kier molecular flexibility index (Phi) is 3.80. The highest BCUT2D eigenvalue weighted by Crippen LogP contribution is 2.12. The molecule has 20 heavy (non-hydrogen) atoms. The maximum absolute atomic E-state index is 11.8. The molecule has 0 unspecified atom stereocenters. The summed E-state index contributed by atoms with van der Waals surface area (Å²) in [6.45, 7) is 3.90. The molecule has 2 aromatic rings. The molecule has 1 aromatic heterocycles. The number of amides is 1. The molecule has 0 aliphatic carbocycles. The summed E-state index contributed by atoms with van der Waals surface area (Å²) in [5.74, 6) is -0.423. The van der Waals surface area contributed by atoms with Gasteiger partial charge in [-0.1, -0.05) is 11.2 Å². The van der Waals surface area contributed by atoms with E-state index in [0.717, 1.165) is 0 Å². The maximum atomic E-state index is 11.8. The van der Waals surface area contributed by atoms with Crippen LogP contribution in [0.1, 0.15) is 10.4 Å². The molecule has 9 heteroatoms. The fourth-order valence-electron chi connectivity index (χ4n) is 1.39. The van der Waals surface area contributed by atoms with Crippen molar-refractivity contribution in [2.45, 2.75) is 6.54 Å². The molecule has 1 aromatic carbocycles. The second kappa shape index (κ2) is 5.69. The summed E-state index contributed by atoms with van der Waals surface area (Å²) in [5, 5.41) is 24.2. The van der Waals surface area contributed by atoms with E-state index in [9.17, 15) is 14.9 Å². The number of nitrogens with zero attached hydrogens (tertiary/aromatic N) is 5. The normalized spacial score (nSPS) is 10.0. The summed E-state index contributed by atoms with van der Waals surface area (Å²) in [7, 11) is 0. The minimum atomic E-state index is -0.538. The lowest BCUT2D eigenvalue weighted by atomic mass is 10.2. The van der Waals surface area contributed by atoms with E-state index < -0.39 is 10.8 Å². The van der Waals surface area contributed by atoms with E-state index in [1.165, 1.54) is 29.1 Å². The van der Waals surface area contributed by atoms with Crippen LogP contribution in [0.2, 0.25) is 0 Å². The lowest BCUT2D eigenvalue weighted by Gasteiger charge is -2.00. The number of carbonyl (C=O) groups excluding carboxylic acids is 1. The number of allylic oxidation sites excluding steroid dienone is 1. The molecule has 0 saturated heterocycles. The molecule has 0 aliphatic rings. The van der Waals surface area contributed by atoms with Gasteiger partial charge in [-0.3, -0.25) is 20.2 Å². The van der Waals surface area contributed by atoms with Gasteiger partial charge in [-0.05, 0) is 17.3 Å². The van der Waals surface area contributed by atoms with Crippen LogP contribution in [0.25, 0.3) is 0 Å². The van der Waals surface area contributed by atoms with Crippen LogP contribution in [0.5, 0.6) is 0 Å². The number of rotatable bonds is 5. The zero-order chi connectivity index (χ0) is 14.5. The number of benzene rings is 1. The molecule has 0 atom stereocenters. The Bertz CT molecular complexity index is 648. The van der Waals surface area contributed by atoms with Crippen molar-refractivity contribution in [3.63, 3.8) is 0 Å². The van der Waals surface area contributed by atoms with Gasteiger partial charge in [0.2, 0.25) is 0 Å². The number of hydrogen-bond acceptors (Lipinski definition) is 6. The van der Waals surface area contributed by atoms with E-state index in [2.05, 4.69) is 27.3 Å². The number of hydrogen-bond donors (Lipinski definition) is 1. The number of tetrazole rings is 1. The highest BCUT2D eigenvalue weighted by Gasteiger charge is 2.11. The molecule has 1 heterocycles. The van der Waals surface area contributed by atoms with E-state index in [0.29, 0.717) is 6.54 Å². The van der Waals surface area contributed by atoms with Crippen LogP contribution >= 0.6 is 0 Å². The highest BCUT2D eigenvalue weighted by molar-refractivity contribution is 6.03. The summed E-state index contributed by atoms with van der Waals surface area (Å²) >= 11 is 0. The third kappa shape index (κ3) is 3.02. The van der Waals surface area contributed by atoms with Gasteiger partial charge in [-0.2, -0.15) is 4.80 Å². The molecule has 0 fully saturated rings. The van der Waals surface area contributed by atoms with Gasteiger partial charge in [0.15, 0.2) is 0 Å². The van der Waals surface area contributed by atoms with Crippen LogP contribution in [0, 0.1) is 10.1 Å². The Labute approximate surface area is 113 Å². The zero-order valence-electron chi connectivity index (χ0n) is 10.3. The van der Waals surface area contributed by atoms with Gasteiger partial charge in [0.1, 0.15) is 0 Å². The molecule has 0 spiro atoms. The molecule has 9 nitrogen and oxygen atoms in total. The van der Waals surface area contributed by atoms with Crippen LogP contribution in [0.15, 0.2) is 36.9 Å². The van der Waals surface area contributed by atoms with Crippen LogP contribution in [-0.2, 0) is 6.54 Å². The number of carbonyl (C=O) groups is 1. The topological polar surface area (TPSA) is 116 Å². The van der Waals surface area contributed by atoms with Gasteiger partial charge in [0.05, 0.1) is 11.5 Å². The van der Waals surface area contributed by atoms with Gasteiger partial charge in [0.25, 0.3) is 17.5 Å². The Hall–Kier alpha value is -3.10. The predicted octanol–water partition coefficient (Wildman–Crippen LogP) is 1.02. The SMILES string of the molecule is C=CCn1nnc(NC(=O)c2ccc([N+](=O)[O-])cc2)n1. The van der Waals surface area contributed by atoms with Gasteiger partial charge < -0.3 is 0 Å². The van der Waals surface area contributed by atoms with E-state index in [1.807, 2.05) is 0 Å². The first kappa shape index (κ1) is 13.3. The summed E-state index contributed by atoms with van der Waals surface area (Å²) < 4.78 is 0. The second-order valence-corrected chi connectivity index (χ2v) is 3.71. The van der Waals surface area contributed by atoms with Gasteiger partial charge in [0, 0.05) is 17.7 Å². The predicted molar refractivity (Wildman–Crippen MR) is 69.1 cm³/mol. The fraction of sp³-hybridized carbons (Fsp3) is 0.0909. The molecule has 1 amide bonds. The first-order chi connectivity index (χ1) is 9.60. The van der Waals surface area contributed by atoms with Crippen molar-refractivity contribution in [1.82, 2.24) is 20.2 Å². The molecule has 0 radical (unpaired) electrons. The van der Waals surface area contributed by atoms with Crippen molar-refractivity contribution in [2.24, 2.45) is 0 Å². The van der Waals surface area contributed by atoms with E-state index in [-0.39, 0.29) is 17.2 Å². The Morgan fingerprint density at radius 1 is 1.45 bits per heavy atom. The molecule has 2 rings (SSSR count). The van der Waals surface area contributed by atoms with Crippen molar-refractivity contribution in [3.8, 4) is 0 Å². The van der Waals surface area contributed by atoms with Crippen LogP contribution in [-0.4, -0.2) is 31.0 Å². The zero-order valence-corrected chi connectivity index (χ0v) is 10.3. The Morgan fingerprint density at radius 3 is 2.75 bits per heavy atom. The molecule has 0 saturated carbocycles. The van der Waals surface area contributed by atoms with E-state index >= 15 is 0 Å². The van der Waals surface area contributed by atoms with Crippen LogP contribution in [0.4, 0.5) is 11.6 Å². The first-order valence-electron chi connectivity index (χ1n) is 5.54. The van der Waals surface area contributed by atoms with Crippen molar-refractivity contribution in [1.29, 1.82) is 0 Å². The van der Waals surface area contributed by atoms with Crippen LogP contribution < -0.4 is 5.32 Å². The van der Waals surface area contributed by atoms with Crippen molar-refractivity contribution in [3.05, 3.63) is 52.6 Å². The molecule has 0 aliphatic heterocycles. The maximum Gasteiger partial charge on any atom is 0.270 e. The number of aromatic nitrogens is 4. The van der Waals surface area contributed by atoms with Crippen LogP contribution in [0.3, 0.4) is 0 Å². The molecule has 102 valence electrons. The summed E-state index contributed by atoms with van der Waals surface area (Å²) in [4.78, 5) is 23.1. The highest BCUT2D eigenvalue weighted by atomic mass is 16.6. The second-order valence-electron chi connectivity index (χ2n) is 3.71. The molecule has 0 bridgehead atoms. The molecule has 1 N–H and O–H groups in total. The van der Waals surface area contributed by atoms with Crippen molar-refractivity contribution in [2.75, 3.05) is 5.32 Å². The molecular formula is C11H10N6O3. The first-order valence-corrected chi connectivity index (χ1v) is 5.54. The lowest BCUT2D eigenvalue weighted by Crippen LogP contribution is -2.13. The number of nitro benzene ring substituents is 1. The largest absolute Gasteiger partial charge is 0.288 e. The fourth-order valence-corrected chi connectivity index (χ4v) is 1.39. The van der Waals surface area contributed by atoms with Crippen molar-refractivity contribution < 1.29 is 9.72 Å². The number of non-ortho nitro benzene ring substituents is 1. The third-order valence-corrected chi connectivity index (χ3v) is 2.31. The van der Waals surface area contributed by atoms with E-state index in [4.69, 9.17) is 0 Å². The van der Waals surface area contributed by atoms with Crippen molar-refractivity contribution >= 4 is 17.5 Å². The number of anilines is 1. The van der Waals surface area contributed by atoms with Gasteiger partial charge in [-0.25, -0.2) is 0 Å². The van der Waals surface area contributed by atoms with Gasteiger partial charge >= 0.3 is 0 Å². The number of nitrogens with one attached hydrogen (secondary N) is 1. The number of nitro groups is 1. The average Bonchev–Trinajstić information content (AvgIpc) is 2.86. The average molecular weight is 274 g/mol. The monoisotopic (exact) mass is 274 g/mol. The minimum Gasteiger partial charge on any atom is -0.288 e. The van der Waals surface area contributed by atoms with E-state index in [1.54, 1.807) is 6.08 Å². The Balaban J connectivity index is 2.06. The smallest absolute Gasteiger partial charge is 0.270 e. The quantitative estimate of drug-likeness (QED) is 0.494. The lowest BCUT2D eigenvalue weighted by molar-refractivity contribution is -0.384. The third-order valence-electron chi connectivity index (χ3n) is 2.31. The Morgan fingerprint density at radius 2 is 2.15 bits per heavy atom. The summed E-state index contributed by atoms with van der Waals surface area (Å²) in [6.07, 6.45) is 1.59. The summed E-state index contributed by atoms with van der Waals surface area (Å²) in [5.41, 5.74) is 0.173. The minimum absolute atomic E-state index is 0.0511. The standard InChI is InChI=1S/C11H10N6O3/c1-2-7-16-14-11(13-15-16)12-10(18)8-3-5-9(6-4-8)17(19)20/h2-6H,1,7H2,(H,12,14,18). The molecular weight excluding hydrogens is 264 g/mol.